The largest absolute Gasteiger partial charge is 1.00 e. The van der Waals surface area contributed by atoms with Gasteiger partial charge in [0, 0.05) is 5.75 Å². The molecule has 0 spiro atoms. The SMILES string of the molecule is CC(C)COC(=O)c1ccc(OCC(O)CSc2ncn[nH]2)cc1.[H-].[Na+]. The van der Waals surface area contributed by atoms with E-state index in [0.717, 1.165) is 0 Å². The fourth-order valence-electron chi connectivity index (χ4n) is 1.69. The van der Waals surface area contributed by atoms with E-state index in [2.05, 4.69) is 15.2 Å². The second kappa shape index (κ2) is 11.5. The van der Waals surface area contributed by atoms with Crippen molar-refractivity contribution in [3.63, 3.8) is 0 Å². The molecule has 0 aliphatic heterocycles. The second-order valence-electron chi connectivity index (χ2n) is 5.58. The molecule has 2 rings (SSSR count). The molecule has 2 N–H and O–H groups in total. The summed E-state index contributed by atoms with van der Waals surface area (Å²) in [6, 6.07) is 6.66. The van der Waals surface area contributed by atoms with Crippen LogP contribution in [0.1, 0.15) is 25.6 Å². The van der Waals surface area contributed by atoms with Gasteiger partial charge in [0.25, 0.3) is 0 Å². The molecular formula is C16H22N3NaO4S. The van der Waals surface area contributed by atoms with Crippen molar-refractivity contribution >= 4 is 17.7 Å². The number of esters is 1. The van der Waals surface area contributed by atoms with E-state index < -0.39 is 6.10 Å². The number of aromatic nitrogens is 3. The van der Waals surface area contributed by atoms with Gasteiger partial charge in [-0.2, -0.15) is 5.10 Å². The first-order valence-electron chi connectivity index (χ1n) is 7.61. The van der Waals surface area contributed by atoms with E-state index in [1.165, 1.54) is 18.1 Å². The van der Waals surface area contributed by atoms with Crippen LogP contribution in [0.4, 0.5) is 0 Å². The zero-order chi connectivity index (χ0) is 17.4. The maximum atomic E-state index is 11.8. The predicted molar refractivity (Wildman–Crippen MR) is 91.3 cm³/mol. The van der Waals surface area contributed by atoms with Crippen LogP contribution in [0.5, 0.6) is 5.75 Å². The van der Waals surface area contributed by atoms with Gasteiger partial charge in [-0.1, -0.05) is 25.6 Å². The van der Waals surface area contributed by atoms with Crippen LogP contribution in [-0.4, -0.2) is 51.3 Å². The predicted octanol–water partition coefficient (Wildman–Crippen LogP) is -0.734. The van der Waals surface area contributed by atoms with Gasteiger partial charge in [-0.05, 0) is 30.2 Å². The number of aliphatic hydroxyl groups excluding tert-OH is 1. The van der Waals surface area contributed by atoms with Crippen molar-refractivity contribution < 1.29 is 50.4 Å². The molecule has 1 unspecified atom stereocenters. The van der Waals surface area contributed by atoms with Crippen molar-refractivity contribution in [1.29, 1.82) is 0 Å². The number of carbonyl (C=O) groups excluding carboxylic acids is 1. The van der Waals surface area contributed by atoms with Crippen LogP contribution in [0.25, 0.3) is 0 Å². The van der Waals surface area contributed by atoms with Gasteiger partial charge in [0.15, 0.2) is 5.16 Å². The number of H-pyrrole nitrogens is 1. The first kappa shape index (κ1) is 22.0. The van der Waals surface area contributed by atoms with Crippen molar-refractivity contribution in [2.75, 3.05) is 19.0 Å². The third-order valence-corrected chi connectivity index (χ3v) is 3.91. The number of aromatic amines is 1. The molecule has 0 amide bonds. The number of nitrogens with one attached hydrogen (secondary N) is 1. The molecule has 0 saturated carbocycles. The summed E-state index contributed by atoms with van der Waals surface area (Å²) in [5.74, 6) is 0.972. The molecule has 1 heterocycles. The van der Waals surface area contributed by atoms with E-state index in [0.29, 0.717) is 34.7 Å². The topological polar surface area (TPSA) is 97.3 Å². The maximum Gasteiger partial charge on any atom is 1.00 e. The van der Waals surface area contributed by atoms with Crippen molar-refractivity contribution in [2.24, 2.45) is 5.92 Å². The Balaban J connectivity index is 0.00000312. The van der Waals surface area contributed by atoms with Crippen molar-refractivity contribution in [3.05, 3.63) is 36.2 Å². The van der Waals surface area contributed by atoms with Gasteiger partial charge in [-0.3, -0.25) is 5.10 Å². The van der Waals surface area contributed by atoms with Gasteiger partial charge >= 0.3 is 35.5 Å². The Morgan fingerprint density at radius 3 is 2.64 bits per heavy atom. The molecule has 0 fully saturated rings. The van der Waals surface area contributed by atoms with Crippen molar-refractivity contribution in [2.45, 2.75) is 25.1 Å². The Hall–Kier alpha value is -1.06. The molecule has 25 heavy (non-hydrogen) atoms. The zero-order valence-electron chi connectivity index (χ0n) is 15.6. The minimum Gasteiger partial charge on any atom is -1.00 e. The minimum atomic E-state index is -0.643. The quantitative estimate of drug-likeness (QED) is 0.339. The Bertz CT molecular complexity index is 629. The number of carbonyl (C=O) groups is 1. The number of rotatable bonds is 9. The normalized spacial score (nSPS) is 11.7. The van der Waals surface area contributed by atoms with Crippen LogP contribution < -0.4 is 34.3 Å². The molecule has 1 aromatic heterocycles. The second-order valence-corrected chi connectivity index (χ2v) is 6.59. The van der Waals surface area contributed by atoms with Crippen molar-refractivity contribution in [3.8, 4) is 5.75 Å². The van der Waals surface area contributed by atoms with Crippen LogP contribution in [0.15, 0.2) is 35.7 Å². The molecule has 9 heteroatoms. The monoisotopic (exact) mass is 375 g/mol. The van der Waals surface area contributed by atoms with E-state index in [9.17, 15) is 9.90 Å². The summed E-state index contributed by atoms with van der Waals surface area (Å²) in [7, 11) is 0. The van der Waals surface area contributed by atoms with Gasteiger partial charge in [-0.25, -0.2) is 9.78 Å². The average molecular weight is 375 g/mol. The maximum absolute atomic E-state index is 11.8. The van der Waals surface area contributed by atoms with Crippen LogP contribution in [0.2, 0.25) is 0 Å². The number of nitrogens with zero attached hydrogens (tertiary/aromatic N) is 2. The molecular weight excluding hydrogens is 353 g/mol. The smallest absolute Gasteiger partial charge is 1.00 e. The number of hydrogen-bond donors (Lipinski definition) is 2. The minimum absolute atomic E-state index is 0. The van der Waals surface area contributed by atoms with E-state index in [-0.39, 0.29) is 43.6 Å². The summed E-state index contributed by atoms with van der Waals surface area (Å²) in [5.41, 5.74) is 0.476. The number of thioether (sulfide) groups is 1. The standard InChI is InChI=1S/C16H21N3O4S.Na.H/c1-11(2)7-23-15(21)12-3-5-14(6-4-12)22-8-13(20)9-24-16-17-10-18-19-16;;/h3-6,10-11,13,20H,7-9H2,1-2H3,(H,17,18,19);;/q;+1;-1. The molecule has 2 aromatic rings. The van der Waals surface area contributed by atoms with E-state index in [1.807, 2.05) is 13.8 Å². The van der Waals surface area contributed by atoms with Gasteiger partial charge < -0.3 is 16.0 Å². The van der Waals surface area contributed by atoms with E-state index in [4.69, 9.17) is 9.47 Å². The van der Waals surface area contributed by atoms with Gasteiger partial charge in [0.05, 0.1) is 18.3 Å². The summed E-state index contributed by atoms with van der Waals surface area (Å²) in [4.78, 5) is 15.8. The third kappa shape index (κ3) is 8.24. The van der Waals surface area contributed by atoms with Gasteiger partial charge in [0.2, 0.25) is 0 Å². The Morgan fingerprint density at radius 2 is 2.04 bits per heavy atom. The molecule has 0 aliphatic carbocycles. The van der Waals surface area contributed by atoms with Crippen LogP contribution in [0.3, 0.4) is 0 Å². The van der Waals surface area contributed by atoms with E-state index >= 15 is 0 Å². The summed E-state index contributed by atoms with van der Waals surface area (Å²) < 4.78 is 10.7. The molecule has 0 aliphatic rings. The van der Waals surface area contributed by atoms with Gasteiger partial charge in [-0.15, -0.1) is 0 Å². The van der Waals surface area contributed by atoms with Crippen LogP contribution in [-0.2, 0) is 4.74 Å². The molecule has 7 nitrogen and oxygen atoms in total. The number of benzene rings is 1. The molecule has 1 atom stereocenters. The number of ether oxygens (including phenoxy) is 2. The summed E-state index contributed by atoms with van der Waals surface area (Å²) in [6.45, 7) is 4.51. The first-order valence-corrected chi connectivity index (χ1v) is 8.59. The average Bonchev–Trinajstić information content (AvgIpc) is 3.10. The van der Waals surface area contributed by atoms with Crippen LogP contribution >= 0.6 is 11.8 Å². The molecule has 0 saturated heterocycles. The fraction of sp³-hybridized carbons (Fsp3) is 0.438. The Labute approximate surface area is 174 Å². The summed E-state index contributed by atoms with van der Waals surface area (Å²) >= 11 is 1.36. The Morgan fingerprint density at radius 1 is 1.32 bits per heavy atom. The first-order chi connectivity index (χ1) is 11.5. The van der Waals surface area contributed by atoms with Crippen molar-refractivity contribution in [1.82, 2.24) is 15.2 Å². The summed E-state index contributed by atoms with van der Waals surface area (Å²) in [5, 5.41) is 17.0. The van der Waals surface area contributed by atoms with Gasteiger partial charge in [0.1, 0.15) is 18.7 Å². The third-order valence-electron chi connectivity index (χ3n) is 2.89. The Kier molecular flexibility index (Phi) is 10.1. The molecule has 0 radical (unpaired) electrons. The molecule has 132 valence electrons. The zero-order valence-corrected chi connectivity index (χ0v) is 17.5. The fourth-order valence-corrected chi connectivity index (χ4v) is 2.38. The number of hydrogen-bond acceptors (Lipinski definition) is 7. The van der Waals surface area contributed by atoms with E-state index in [1.54, 1.807) is 24.3 Å². The molecule has 0 bridgehead atoms. The molecule has 1 aromatic carbocycles. The summed E-state index contributed by atoms with van der Waals surface area (Å²) in [6.07, 6.45) is 0.773. The number of aliphatic hydroxyl groups is 1. The van der Waals surface area contributed by atoms with Crippen LogP contribution in [0, 0.1) is 5.92 Å².